The van der Waals surface area contributed by atoms with Crippen LogP contribution in [0.2, 0.25) is 0 Å². The van der Waals surface area contributed by atoms with Gasteiger partial charge < -0.3 is 14.8 Å². The summed E-state index contributed by atoms with van der Waals surface area (Å²) in [6.45, 7) is 0.792. The maximum Gasteiger partial charge on any atom is 0.468 e. The van der Waals surface area contributed by atoms with Crippen molar-refractivity contribution in [1.82, 2.24) is 15.2 Å². The van der Waals surface area contributed by atoms with Gasteiger partial charge in [-0.15, -0.1) is 0 Å². The highest BCUT2D eigenvalue weighted by Crippen LogP contribution is 2.35. The molecular formula is C23H22F3N3O4. The molecule has 2 N–H and O–H groups in total. The number of likely N-dealkylation sites (tertiary alicyclic amines) is 1. The van der Waals surface area contributed by atoms with E-state index >= 15 is 0 Å². The number of amides is 1. The summed E-state index contributed by atoms with van der Waals surface area (Å²) in [5.41, 5.74) is 1.85. The van der Waals surface area contributed by atoms with Crippen molar-refractivity contribution in [3.05, 3.63) is 53.9 Å². The van der Waals surface area contributed by atoms with Crippen molar-refractivity contribution >= 4 is 23.0 Å². The van der Waals surface area contributed by atoms with Crippen LogP contribution in [0.1, 0.15) is 24.3 Å². The van der Waals surface area contributed by atoms with Crippen LogP contribution in [0, 0.1) is 0 Å². The average molecular weight is 461 g/mol. The second kappa shape index (κ2) is 8.86. The lowest BCUT2D eigenvalue weighted by Gasteiger charge is -2.22. The molecule has 0 unspecified atom stereocenters. The topological polar surface area (TPSA) is 95.7 Å². The predicted octanol–water partition coefficient (Wildman–Crippen LogP) is 3.72. The van der Waals surface area contributed by atoms with E-state index in [9.17, 15) is 27.9 Å². The van der Waals surface area contributed by atoms with Crippen LogP contribution in [0.3, 0.4) is 0 Å². The molecule has 1 aliphatic rings. The molecule has 1 aliphatic heterocycles. The first-order valence-corrected chi connectivity index (χ1v) is 10.4. The highest BCUT2D eigenvalue weighted by atomic mass is 19.4. The summed E-state index contributed by atoms with van der Waals surface area (Å²) in [6.07, 6.45) is -3.04. The fourth-order valence-electron chi connectivity index (χ4n) is 4.07. The summed E-state index contributed by atoms with van der Waals surface area (Å²) >= 11 is 0. The molecule has 2 atom stereocenters. The molecule has 2 aromatic carbocycles. The number of nitrogens with zero attached hydrogens (tertiary/aromatic N) is 2. The third kappa shape index (κ3) is 4.85. The molecule has 0 radical (unpaired) electrons. The number of aromatic nitrogens is 1. The lowest BCUT2D eigenvalue weighted by Crippen LogP contribution is -2.49. The minimum absolute atomic E-state index is 0.0226. The first-order valence-electron chi connectivity index (χ1n) is 10.4. The smallest absolute Gasteiger partial charge is 0.468 e. The van der Waals surface area contributed by atoms with Gasteiger partial charge in [-0.05, 0) is 43.6 Å². The monoisotopic (exact) mass is 461 g/mol. The molecule has 4 rings (SSSR count). The van der Waals surface area contributed by atoms with Gasteiger partial charge in [-0.1, -0.05) is 36.4 Å². The number of alkyl halides is 3. The van der Waals surface area contributed by atoms with Crippen LogP contribution in [0.5, 0.6) is 0 Å². The number of hydrogen-bond donors (Lipinski definition) is 2. The number of oxazole rings is 1. The Morgan fingerprint density at radius 2 is 1.97 bits per heavy atom. The van der Waals surface area contributed by atoms with E-state index in [0.29, 0.717) is 23.1 Å². The molecule has 7 nitrogen and oxygen atoms in total. The number of nitrogens with one attached hydrogen (secondary N) is 1. The maximum absolute atomic E-state index is 13.0. The number of carboxylic acid groups (broad SMARTS) is 1. The standard InChI is InChI=1S/C23H22F3N3O4/c1-29-11-3-5-17(29)20(30)27-16(21(31)32)12-13-7-9-14(10-8-13)15-4-2-6-18-19(15)28-22(33-18)23(24,25)26/h2,4,6-10,16-17H,3,5,11-12H2,1H3,(H,27,30)(H,31,32)/t16-,17-/m0/s1. The Hall–Kier alpha value is -3.40. The number of hydrogen-bond acceptors (Lipinski definition) is 5. The number of benzene rings is 2. The minimum atomic E-state index is -4.69. The van der Waals surface area contributed by atoms with Crippen molar-refractivity contribution < 1.29 is 32.3 Å². The summed E-state index contributed by atoms with van der Waals surface area (Å²) < 4.78 is 43.8. The van der Waals surface area contributed by atoms with Gasteiger partial charge in [-0.3, -0.25) is 9.69 Å². The molecule has 1 amide bonds. The summed E-state index contributed by atoms with van der Waals surface area (Å²) in [7, 11) is 1.83. The van der Waals surface area contributed by atoms with E-state index in [-0.39, 0.29) is 29.5 Å². The fraction of sp³-hybridized carbons (Fsp3) is 0.348. The number of carbonyl (C=O) groups is 2. The number of likely N-dealkylation sites (N-methyl/N-ethyl adjacent to an activating group) is 1. The molecule has 174 valence electrons. The molecule has 2 heterocycles. The van der Waals surface area contributed by atoms with Gasteiger partial charge in [0.25, 0.3) is 0 Å². The van der Waals surface area contributed by atoms with E-state index in [1.807, 2.05) is 11.9 Å². The number of para-hydroxylation sites is 1. The van der Waals surface area contributed by atoms with Crippen molar-refractivity contribution in [2.45, 2.75) is 37.5 Å². The Kier molecular flexibility index (Phi) is 6.11. The zero-order valence-corrected chi connectivity index (χ0v) is 17.7. The lowest BCUT2D eigenvalue weighted by atomic mass is 9.99. The molecule has 0 spiro atoms. The van der Waals surface area contributed by atoms with Gasteiger partial charge in [0.05, 0.1) is 6.04 Å². The van der Waals surface area contributed by atoms with Crippen molar-refractivity contribution in [3.63, 3.8) is 0 Å². The van der Waals surface area contributed by atoms with Crippen molar-refractivity contribution in [2.24, 2.45) is 0 Å². The molecule has 0 bridgehead atoms. The number of carboxylic acids is 1. The fourth-order valence-corrected chi connectivity index (χ4v) is 4.07. The highest BCUT2D eigenvalue weighted by molar-refractivity contribution is 5.91. The number of halogens is 3. The highest BCUT2D eigenvalue weighted by Gasteiger charge is 2.38. The second-order valence-electron chi connectivity index (χ2n) is 8.11. The number of aliphatic carboxylic acids is 1. The van der Waals surface area contributed by atoms with Gasteiger partial charge in [0.1, 0.15) is 11.6 Å². The zero-order chi connectivity index (χ0) is 23.8. The Morgan fingerprint density at radius 1 is 1.24 bits per heavy atom. The third-order valence-electron chi connectivity index (χ3n) is 5.80. The summed E-state index contributed by atoms with van der Waals surface area (Å²) in [4.78, 5) is 29.7. The first-order chi connectivity index (χ1) is 15.6. The minimum Gasteiger partial charge on any atom is -0.480 e. The van der Waals surface area contributed by atoms with Crippen LogP contribution >= 0.6 is 0 Å². The van der Waals surface area contributed by atoms with Crippen LogP contribution in [0.25, 0.3) is 22.2 Å². The third-order valence-corrected chi connectivity index (χ3v) is 5.80. The summed E-state index contributed by atoms with van der Waals surface area (Å²) in [5.74, 6) is -2.76. The Labute approximate surface area is 187 Å². The van der Waals surface area contributed by atoms with E-state index in [2.05, 4.69) is 10.3 Å². The average Bonchev–Trinajstić information content (AvgIpc) is 3.39. The summed E-state index contributed by atoms with van der Waals surface area (Å²) in [5, 5.41) is 12.2. The van der Waals surface area contributed by atoms with E-state index < -0.39 is 24.1 Å². The number of rotatable bonds is 6. The van der Waals surface area contributed by atoms with Gasteiger partial charge in [-0.25, -0.2) is 9.78 Å². The lowest BCUT2D eigenvalue weighted by molar-refractivity contribution is -0.156. The van der Waals surface area contributed by atoms with E-state index in [0.717, 1.165) is 13.0 Å². The molecule has 0 aliphatic carbocycles. The predicted molar refractivity (Wildman–Crippen MR) is 113 cm³/mol. The molecule has 1 fully saturated rings. The Bertz CT molecular complexity index is 1170. The molecule has 33 heavy (non-hydrogen) atoms. The van der Waals surface area contributed by atoms with Crippen LogP contribution in [0.4, 0.5) is 13.2 Å². The maximum atomic E-state index is 13.0. The first kappa shape index (κ1) is 22.8. The quantitative estimate of drug-likeness (QED) is 0.581. The van der Waals surface area contributed by atoms with Gasteiger partial charge in [0.2, 0.25) is 5.91 Å². The van der Waals surface area contributed by atoms with Gasteiger partial charge in [-0.2, -0.15) is 13.2 Å². The van der Waals surface area contributed by atoms with Gasteiger partial charge in [0, 0.05) is 12.0 Å². The Morgan fingerprint density at radius 3 is 2.58 bits per heavy atom. The molecule has 10 heteroatoms. The van der Waals surface area contributed by atoms with Crippen molar-refractivity contribution in [3.8, 4) is 11.1 Å². The molecule has 1 saturated heterocycles. The number of carbonyl (C=O) groups excluding carboxylic acids is 1. The molecule has 1 aromatic heterocycles. The normalized spacial score (nSPS) is 17.9. The largest absolute Gasteiger partial charge is 0.480 e. The van der Waals surface area contributed by atoms with E-state index in [1.54, 1.807) is 36.4 Å². The van der Waals surface area contributed by atoms with Crippen molar-refractivity contribution in [1.29, 1.82) is 0 Å². The van der Waals surface area contributed by atoms with Gasteiger partial charge >= 0.3 is 18.0 Å². The van der Waals surface area contributed by atoms with Crippen molar-refractivity contribution in [2.75, 3.05) is 13.6 Å². The van der Waals surface area contributed by atoms with Crippen LogP contribution < -0.4 is 5.32 Å². The van der Waals surface area contributed by atoms with E-state index in [4.69, 9.17) is 4.42 Å². The summed E-state index contributed by atoms with van der Waals surface area (Å²) in [6, 6.07) is 9.92. The SMILES string of the molecule is CN1CCC[C@H]1C(=O)N[C@@H](Cc1ccc(-c2cccc3oc(C(F)(F)F)nc23)cc1)C(=O)O. The Balaban J connectivity index is 1.52. The molecule has 0 saturated carbocycles. The van der Waals surface area contributed by atoms with Crippen LogP contribution in [-0.4, -0.2) is 52.5 Å². The second-order valence-corrected chi connectivity index (χ2v) is 8.11. The van der Waals surface area contributed by atoms with Crippen LogP contribution in [0.15, 0.2) is 46.9 Å². The van der Waals surface area contributed by atoms with E-state index in [1.165, 1.54) is 6.07 Å². The van der Waals surface area contributed by atoms with Gasteiger partial charge in [0.15, 0.2) is 5.58 Å². The molecule has 3 aromatic rings. The molecular weight excluding hydrogens is 439 g/mol. The van der Waals surface area contributed by atoms with Crippen LogP contribution in [-0.2, 0) is 22.2 Å². The number of fused-ring (bicyclic) bond motifs is 1. The zero-order valence-electron chi connectivity index (χ0n) is 17.7.